The molecule has 32 heavy (non-hydrogen) atoms. The van der Waals surface area contributed by atoms with Gasteiger partial charge in [-0.2, -0.15) is 0 Å². The first-order valence-electron chi connectivity index (χ1n) is 12.9. The van der Waals surface area contributed by atoms with Crippen LogP contribution in [0.3, 0.4) is 0 Å². The summed E-state index contributed by atoms with van der Waals surface area (Å²) in [6, 6.07) is 19.9. The van der Waals surface area contributed by atoms with Crippen LogP contribution in [-0.2, 0) is 17.9 Å². The number of aryl methyl sites for hydroxylation is 4. The fraction of sp³-hybridized carbons (Fsp3) is 0.323. The summed E-state index contributed by atoms with van der Waals surface area (Å²) in [6.07, 6.45) is 1.79. The quantitative estimate of drug-likeness (QED) is 0.279. The number of benzene rings is 3. The van der Waals surface area contributed by atoms with E-state index in [2.05, 4.69) is 89.2 Å². The maximum atomic E-state index is 7.97. The van der Waals surface area contributed by atoms with Crippen molar-refractivity contribution in [2.45, 2.75) is 59.2 Å². The van der Waals surface area contributed by atoms with E-state index in [0.717, 1.165) is 11.3 Å². The molecule has 0 unspecified atom stereocenters. The summed E-state index contributed by atoms with van der Waals surface area (Å²) in [7, 11) is 1.96. The highest BCUT2D eigenvalue weighted by molar-refractivity contribution is 5.96. The lowest BCUT2D eigenvalue weighted by Gasteiger charge is -2.49. The van der Waals surface area contributed by atoms with Crippen molar-refractivity contribution in [2.24, 2.45) is 7.05 Å². The van der Waals surface area contributed by atoms with Crippen LogP contribution in [0.2, 0.25) is 0 Å². The summed E-state index contributed by atoms with van der Waals surface area (Å²) >= 11 is 0. The Morgan fingerprint density at radius 1 is 0.719 bits per heavy atom. The first kappa shape index (κ1) is 17.6. The average molecular weight is 424 g/mol. The predicted octanol–water partition coefficient (Wildman–Crippen LogP) is 7.49. The SMILES string of the molecule is [2H]C([2H])([2H])c1c[n+](C)c(-c2c(C)ccc3c2-c2cc4ccccc4cc2C(C)(C)C3(C)C)cc1C. The highest BCUT2D eigenvalue weighted by atomic mass is 14.9. The average Bonchev–Trinajstić information content (AvgIpc) is 2.77. The first-order valence-corrected chi connectivity index (χ1v) is 11.4. The Hall–Kier alpha value is -2.93. The summed E-state index contributed by atoms with van der Waals surface area (Å²) < 4.78 is 25.9. The van der Waals surface area contributed by atoms with Gasteiger partial charge < -0.3 is 0 Å². The van der Waals surface area contributed by atoms with Gasteiger partial charge in [0, 0.05) is 15.7 Å². The molecule has 0 aliphatic heterocycles. The van der Waals surface area contributed by atoms with Crippen molar-refractivity contribution in [3.63, 3.8) is 0 Å². The van der Waals surface area contributed by atoms with Gasteiger partial charge in [0.2, 0.25) is 5.69 Å². The lowest BCUT2D eigenvalue weighted by Crippen LogP contribution is -2.44. The van der Waals surface area contributed by atoms with Crippen LogP contribution in [0.5, 0.6) is 0 Å². The normalized spacial score (nSPS) is 17.8. The maximum Gasteiger partial charge on any atom is 0.213 e. The Balaban J connectivity index is 1.92. The Labute approximate surface area is 197 Å². The summed E-state index contributed by atoms with van der Waals surface area (Å²) in [5, 5.41) is 2.50. The van der Waals surface area contributed by atoms with Gasteiger partial charge in [-0.3, -0.25) is 0 Å². The van der Waals surface area contributed by atoms with Crippen molar-refractivity contribution in [1.29, 1.82) is 0 Å². The van der Waals surface area contributed by atoms with E-state index in [9.17, 15) is 0 Å². The Kier molecular flexibility index (Phi) is 3.73. The van der Waals surface area contributed by atoms with Crippen molar-refractivity contribution in [3.8, 4) is 22.4 Å². The molecule has 0 amide bonds. The molecule has 1 nitrogen and oxygen atoms in total. The predicted molar refractivity (Wildman–Crippen MR) is 136 cm³/mol. The minimum Gasteiger partial charge on any atom is -0.201 e. The number of aromatic nitrogens is 1. The molecule has 162 valence electrons. The molecule has 1 aliphatic carbocycles. The van der Waals surface area contributed by atoms with Crippen LogP contribution in [0.1, 0.15) is 59.6 Å². The van der Waals surface area contributed by atoms with Crippen LogP contribution in [0.15, 0.2) is 60.8 Å². The van der Waals surface area contributed by atoms with E-state index >= 15 is 0 Å². The smallest absolute Gasteiger partial charge is 0.201 e. The minimum atomic E-state index is -2.14. The van der Waals surface area contributed by atoms with Crippen LogP contribution in [0, 0.1) is 20.7 Å². The van der Waals surface area contributed by atoms with Gasteiger partial charge in [-0.15, -0.1) is 0 Å². The zero-order valence-corrected chi connectivity index (χ0v) is 20.2. The van der Waals surface area contributed by atoms with E-state index in [1.807, 2.05) is 18.5 Å². The number of pyridine rings is 1. The van der Waals surface area contributed by atoms with Gasteiger partial charge in [-0.05, 0) is 87.8 Å². The zero-order chi connectivity index (χ0) is 25.5. The monoisotopic (exact) mass is 423 g/mol. The Morgan fingerprint density at radius 3 is 2.06 bits per heavy atom. The fourth-order valence-electron chi connectivity index (χ4n) is 5.47. The van der Waals surface area contributed by atoms with Crippen molar-refractivity contribution in [1.82, 2.24) is 0 Å². The molecule has 0 saturated carbocycles. The molecule has 1 aromatic heterocycles. The summed E-state index contributed by atoms with van der Waals surface area (Å²) in [6.45, 7) is 11.4. The van der Waals surface area contributed by atoms with Gasteiger partial charge in [0.25, 0.3) is 0 Å². The molecule has 1 heteroatoms. The molecule has 0 radical (unpaired) electrons. The number of hydrogen-bond donors (Lipinski definition) is 0. The van der Waals surface area contributed by atoms with E-state index in [0.29, 0.717) is 5.56 Å². The minimum absolute atomic E-state index is 0.0743. The van der Waals surface area contributed by atoms with Gasteiger partial charge >= 0.3 is 0 Å². The van der Waals surface area contributed by atoms with Crippen LogP contribution in [0.25, 0.3) is 33.2 Å². The lowest BCUT2D eigenvalue weighted by atomic mass is 9.54. The highest BCUT2D eigenvalue weighted by Gasteiger charge is 2.47. The number of nitrogens with zero attached hydrogens (tertiary/aromatic N) is 1. The van der Waals surface area contributed by atoms with E-state index in [4.69, 9.17) is 4.11 Å². The van der Waals surface area contributed by atoms with Crippen LogP contribution < -0.4 is 4.57 Å². The maximum absolute atomic E-state index is 7.97. The van der Waals surface area contributed by atoms with E-state index in [-0.39, 0.29) is 10.8 Å². The molecule has 1 aliphatic rings. The Bertz CT molecular complexity index is 1510. The molecule has 3 aromatic carbocycles. The van der Waals surface area contributed by atoms with Crippen molar-refractivity contribution >= 4 is 10.8 Å². The number of fused-ring (bicyclic) bond motifs is 4. The van der Waals surface area contributed by atoms with E-state index in [1.165, 1.54) is 44.2 Å². The van der Waals surface area contributed by atoms with Crippen molar-refractivity contribution in [2.75, 3.05) is 0 Å². The van der Waals surface area contributed by atoms with Crippen molar-refractivity contribution < 1.29 is 8.68 Å². The summed E-state index contributed by atoms with van der Waals surface area (Å²) in [4.78, 5) is 0. The third-order valence-electron chi connectivity index (χ3n) is 8.22. The summed E-state index contributed by atoms with van der Waals surface area (Å²) in [5.41, 5.74) is 9.68. The highest BCUT2D eigenvalue weighted by Crippen LogP contribution is 2.56. The van der Waals surface area contributed by atoms with Gasteiger partial charge in [0.05, 0.1) is 5.56 Å². The molecular formula is C31H34N+. The Morgan fingerprint density at radius 2 is 1.38 bits per heavy atom. The third kappa shape index (κ3) is 2.73. The first-order chi connectivity index (χ1) is 16.2. The molecule has 4 aromatic rings. The largest absolute Gasteiger partial charge is 0.213 e. The van der Waals surface area contributed by atoms with Crippen LogP contribution >= 0.6 is 0 Å². The molecule has 0 atom stereocenters. The van der Waals surface area contributed by atoms with Crippen LogP contribution in [-0.4, -0.2) is 0 Å². The standard InChI is InChI=1S/C31H34N/c1-19-13-14-25-29(28(19)27-15-20(2)21(3)18-32(27)8)24-16-22-11-9-10-12-23(22)17-26(24)31(6,7)30(25,4)5/h9-18H,1-8H3/q+1/i3D3. The second-order valence-electron chi connectivity index (χ2n) is 10.5. The topological polar surface area (TPSA) is 3.88 Å². The second-order valence-corrected chi connectivity index (χ2v) is 10.5. The van der Waals surface area contributed by atoms with Crippen molar-refractivity contribution in [3.05, 3.63) is 88.6 Å². The lowest BCUT2D eigenvalue weighted by molar-refractivity contribution is -0.660. The molecule has 0 N–H and O–H groups in total. The molecule has 0 saturated heterocycles. The molecule has 0 bridgehead atoms. The second kappa shape index (κ2) is 6.78. The molecule has 0 spiro atoms. The van der Waals surface area contributed by atoms with Gasteiger partial charge in [-0.25, -0.2) is 4.57 Å². The summed E-state index contributed by atoms with van der Waals surface area (Å²) in [5.74, 6) is 0. The number of rotatable bonds is 1. The molecular weight excluding hydrogens is 386 g/mol. The zero-order valence-electron chi connectivity index (χ0n) is 23.2. The fourth-order valence-corrected chi connectivity index (χ4v) is 5.47. The van der Waals surface area contributed by atoms with Gasteiger partial charge in [-0.1, -0.05) is 64.1 Å². The molecule has 1 heterocycles. The van der Waals surface area contributed by atoms with Gasteiger partial charge in [0.1, 0.15) is 7.05 Å². The third-order valence-corrected chi connectivity index (χ3v) is 8.22. The molecule has 5 rings (SSSR count). The van der Waals surface area contributed by atoms with E-state index < -0.39 is 6.85 Å². The van der Waals surface area contributed by atoms with Crippen LogP contribution in [0.4, 0.5) is 0 Å². The molecule has 0 fully saturated rings. The van der Waals surface area contributed by atoms with E-state index in [1.54, 1.807) is 6.20 Å². The number of hydrogen-bond acceptors (Lipinski definition) is 0. The van der Waals surface area contributed by atoms with Gasteiger partial charge in [0.15, 0.2) is 6.20 Å².